The average Bonchev–Trinajstić information content (AvgIpc) is 3.51. The lowest BCUT2D eigenvalue weighted by atomic mass is 10.1. The Morgan fingerprint density at radius 2 is 0.903 bits per heavy atom. The zero-order valence-corrected chi connectivity index (χ0v) is 20.2. The summed E-state index contributed by atoms with van der Waals surface area (Å²) in [5.41, 5.74) is 4.91. The Kier molecular flexibility index (Phi) is 5.53. The second-order valence-corrected chi connectivity index (χ2v) is 11.2. The third-order valence-corrected chi connectivity index (χ3v) is 8.78. The molecule has 0 aliphatic rings. The highest BCUT2D eigenvalue weighted by molar-refractivity contribution is 7.27. The van der Waals surface area contributed by atoms with Gasteiger partial charge in [-0.25, -0.2) is 0 Å². The van der Waals surface area contributed by atoms with Gasteiger partial charge in [-0.2, -0.15) is 0 Å². The third kappa shape index (κ3) is 4.24. The van der Waals surface area contributed by atoms with Gasteiger partial charge in [-0.05, 0) is 81.4 Å². The minimum absolute atomic E-state index is 1.18. The lowest BCUT2D eigenvalue weighted by Gasteiger charge is -2.24. The van der Waals surface area contributed by atoms with Crippen LogP contribution >= 0.6 is 34.0 Å². The lowest BCUT2D eigenvalue weighted by Crippen LogP contribution is -2.08. The molecule has 0 spiro atoms. The van der Waals surface area contributed by atoms with Gasteiger partial charge in [0, 0.05) is 35.8 Å². The number of hydrogen-bond acceptors (Lipinski definition) is 4. The molecular formula is C27H23NS3. The van der Waals surface area contributed by atoms with Crippen molar-refractivity contribution in [2.75, 3.05) is 4.90 Å². The standard InChI is InChI=1S/C27H23NS3/c1-18-4-9-21(10-5-18)28(22-11-6-19(2)7-12-22)27-17-16-26(31-27)25-15-14-24(30-25)23-13-8-20(3)29-23/h4-17H,1-3H3. The minimum Gasteiger partial charge on any atom is -0.302 e. The molecule has 3 aromatic heterocycles. The predicted octanol–water partition coefficient (Wildman–Crippen LogP) is 9.60. The van der Waals surface area contributed by atoms with Gasteiger partial charge in [-0.3, -0.25) is 0 Å². The smallest absolute Gasteiger partial charge is 0.101 e. The molecule has 0 aliphatic heterocycles. The summed E-state index contributed by atoms with van der Waals surface area (Å²) >= 11 is 5.58. The normalized spacial score (nSPS) is 11.1. The summed E-state index contributed by atoms with van der Waals surface area (Å²) in [4.78, 5) is 9.04. The highest BCUT2D eigenvalue weighted by Crippen LogP contribution is 2.45. The summed E-state index contributed by atoms with van der Waals surface area (Å²) in [5.74, 6) is 0. The van der Waals surface area contributed by atoms with Gasteiger partial charge < -0.3 is 4.90 Å². The molecule has 0 N–H and O–H groups in total. The number of anilines is 3. The van der Waals surface area contributed by atoms with Crippen molar-refractivity contribution >= 4 is 50.4 Å². The van der Waals surface area contributed by atoms with Gasteiger partial charge in [0.15, 0.2) is 0 Å². The minimum atomic E-state index is 1.18. The molecule has 154 valence electrons. The average molecular weight is 458 g/mol. The maximum atomic E-state index is 2.35. The quantitative estimate of drug-likeness (QED) is 0.254. The molecule has 1 nitrogen and oxygen atoms in total. The van der Waals surface area contributed by atoms with Crippen molar-refractivity contribution in [3.8, 4) is 19.5 Å². The lowest BCUT2D eigenvalue weighted by molar-refractivity contribution is 1.29. The molecule has 0 aliphatic carbocycles. The Hall–Kier alpha value is -2.66. The van der Waals surface area contributed by atoms with Crippen LogP contribution in [0.3, 0.4) is 0 Å². The van der Waals surface area contributed by atoms with E-state index in [4.69, 9.17) is 0 Å². The maximum absolute atomic E-state index is 2.35. The molecule has 2 aromatic carbocycles. The molecule has 31 heavy (non-hydrogen) atoms. The molecule has 3 heterocycles. The van der Waals surface area contributed by atoms with Gasteiger partial charge >= 0.3 is 0 Å². The van der Waals surface area contributed by atoms with Crippen LogP contribution in [0.4, 0.5) is 16.4 Å². The number of thiophene rings is 3. The first-order valence-electron chi connectivity index (χ1n) is 10.3. The van der Waals surface area contributed by atoms with E-state index in [0.717, 1.165) is 0 Å². The van der Waals surface area contributed by atoms with Gasteiger partial charge in [-0.15, -0.1) is 34.0 Å². The topological polar surface area (TPSA) is 3.24 Å². The van der Waals surface area contributed by atoms with Gasteiger partial charge in [0.2, 0.25) is 0 Å². The molecule has 0 fully saturated rings. The van der Waals surface area contributed by atoms with Crippen LogP contribution in [-0.4, -0.2) is 0 Å². The highest BCUT2D eigenvalue weighted by atomic mass is 32.1. The molecule has 0 saturated heterocycles. The van der Waals surface area contributed by atoms with Crippen molar-refractivity contribution in [3.05, 3.63) is 101 Å². The van der Waals surface area contributed by atoms with Crippen molar-refractivity contribution in [1.29, 1.82) is 0 Å². The second kappa shape index (κ2) is 8.46. The largest absolute Gasteiger partial charge is 0.302 e. The Balaban J connectivity index is 1.52. The Labute approximate surface area is 195 Å². The van der Waals surface area contributed by atoms with Crippen LogP contribution in [0.1, 0.15) is 16.0 Å². The van der Waals surface area contributed by atoms with Crippen molar-refractivity contribution in [3.63, 3.8) is 0 Å². The van der Waals surface area contributed by atoms with Gasteiger partial charge in [-0.1, -0.05) is 35.4 Å². The first kappa shape index (κ1) is 20.3. The zero-order chi connectivity index (χ0) is 21.4. The molecule has 0 saturated carbocycles. The molecule has 0 amide bonds. The molecule has 5 rings (SSSR count). The molecule has 0 atom stereocenters. The van der Waals surface area contributed by atoms with Crippen LogP contribution in [0, 0.1) is 20.8 Å². The summed E-state index contributed by atoms with van der Waals surface area (Å²) in [5, 5.41) is 1.23. The van der Waals surface area contributed by atoms with E-state index in [9.17, 15) is 0 Å². The Morgan fingerprint density at radius 1 is 0.452 bits per heavy atom. The summed E-state index contributed by atoms with van der Waals surface area (Å²) < 4.78 is 0. The van der Waals surface area contributed by atoms with Gasteiger partial charge in [0.05, 0.1) is 0 Å². The van der Waals surface area contributed by atoms with E-state index in [1.807, 2.05) is 34.0 Å². The molecule has 5 aromatic rings. The number of aryl methyl sites for hydroxylation is 3. The number of rotatable bonds is 5. The van der Waals surface area contributed by atoms with Crippen molar-refractivity contribution in [2.24, 2.45) is 0 Å². The molecule has 0 unspecified atom stereocenters. The van der Waals surface area contributed by atoms with Crippen LogP contribution in [0.25, 0.3) is 19.5 Å². The van der Waals surface area contributed by atoms with E-state index in [1.165, 1.54) is 51.9 Å². The number of benzene rings is 2. The molecular weight excluding hydrogens is 435 g/mol. The van der Waals surface area contributed by atoms with Crippen molar-refractivity contribution < 1.29 is 0 Å². The Bertz CT molecular complexity index is 1260. The monoisotopic (exact) mass is 457 g/mol. The second-order valence-electron chi connectivity index (χ2n) is 7.72. The summed E-state index contributed by atoms with van der Waals surface area (Å²) in [6.07, 6.45) is 0. The van der Waals surface area contributed by atoms with E-state index in [0.29, 0.717) is 0 Å². The van der Waals surface area contributed by atoms with E-state index < -0.39 is 0 Å². The molecule has 0 bridgehead atoms. The maximum Gasteiger partial charge on any atom is 0.101 e. The van der Waals surface area contributed by atoms with Crippen LogP contribution < -0.4 is 4.90 Å². The fourth-order valence-electron chi connectivity index (χ4n) is 3.54. The van der Waals surface area contributed by atoms with E-state index in [-0.39, 0.29) is 0 Å². The summed E-state index contributed by atoms with van der Waals surface area (Å²) in [6, 6.07) is 31.0. The highest BCUT2D eigenvalue weighted by Gasteiger charge is 2.16. The third-order valence-electron chi connectivity index (χ3n) is 5.23. The summed E-state index contributed by atoms with van der Waals surface area (Å²) in [7, 11) is 0. The molecule has 4 heteroatoms. The predicted molar refractivity (Wildman–Crippen MR) is 140 cm³/mol. The molecule has 0 radical (unpaired) electrons. The van der Waals surface area contributed by atoms with Crippen LogP contribution in [0.5, 0.6) is 0 Å². The fourth-order valence-corrected chi connectivity index (χ4v) is 6.64. The Morgan fingerprint density at radius 3 is 1.42 bits per heavy atom. The summed E-state index contributed by atoms with van der Waals surface area (Å²) in [6.45, 7) is 6.43. The fraction of sp³-hybridized carbons (Fsp3) is 0.111. The van der Waals surface area contributed by atoms with Crippen molar-refractivity contribution in [2.45, 2.75) is 20.8 Å². The van der Waals surface area contributed by atoms with Crippen LogP contribution in [0.2, 0.25) is 0 Å². The van der Waals surface area contributed by atoms with Crippen LogP contribution in [-0.2, 0) is 0 Å². The van der Waals surface area contributed by atoms with E-state index >= 15 is 0 Å². The van der Waals surface area contributed by atoms with Gasteiger partial charge in [0.25, 0.3) is 0 Å². The van der Waals surface area contributed by atoms with Crippen molar-refractivity contribution in [1.82, 2.24) is 0 Å². The zero-order valence-electron chi connectivity index (χ0n) is 17.8. The van der Waals surface area contributed by atoms with E-state index in [1.54, 1.807) is 0 Å². The van der Waals surface area contributed by atoms with Crippen LogP contribution in [0.15, 0.2) is 84.9 Å². The number of nitrogens with zero attached hydrogens (tertiary/aromatic N) is 1. The van der Waals surface area contributed by atoms with Gasteiger partial charge in [0.1, 0.15) is 5.00 Å². The SMILES string of the molecule is Cc1ccc(N(c2ccc(C)cc2)c2ccc(-c3ccc(-c4ccc(C)s4)s3)s2)cc1. The first-order valence-corrected chi connectivity index (χ1v) is 12.7. The first-order chi connectivity index (χ1) is 15.1. The van der Waals surface area contributed by atoms with E-state index in [2.05, 4.69) is 111 Å². The number of hydrogen-bond donors (Lipinski definition) is 0.